The number of nitrogens with zero attached hydrogens (tertiary/aromatic N) is 2. The maximum atomic E-state index is 12.6. The van der Waals surface area contributed by atoms with Crippen LogP contribution in [0.4, 0.5) is 0 Å². The Labute approximate surface area is 165 Å². The van der Waals surface area contributed by atoms with Crippen molar-refractivity contribution in [3.63, 3.8) is 0 Å². The lowest BCUT2D eigenvalue weighted by Gasteiger charge is -2.04. The van der Waals surface area contributed by atoms with E-state index in [0.717, 1.165) is 14.7 Å². The minimum absolute atomic E-state index is 0.0669. The van der Waals surface area contributed by atoms with Gasteiger partial charge in [-0.2, -0.15) is 4.99 Å². The van der Waals surface area contributed by atoms with Gasteiger partial charge in [0, 0.05) is 22.2 Å². The summed E-state index contributed by atoms with van der Waals surface area (Å²) in [6, 6.07) is 10.5. The second kappa shape index (κ2) is 7.16. The zero-order chi connectivity index (χ0) is 19.0. The number of rotatable bonds is 3. The van der Waals surface area contributed by atoms with E-state index in [1.165, 1.54) is 18.4 Å². The van der Waals surface area contributed by atoms with Gasteiger partial charge >= 0.3 is 5.97 Å². The van der Waals surface area contributed by atoms with E-state index in [1.54, 1.807) is 34.9 Å². The molecule has 138 valence electrons. The van der Waals surface area contributed by atoms with E-state index in [1.807, 2.05) is 6.07 Å². The van der Waals surface area contributed by atoms with Gasteiger partial charge < -0.3 is 18.8 Å². The molecule has 0 saturated heterocycles. The van der Waals surface area contributed by atoms with Crippen molar-refractivity contribution >= 4 is 49.4 Å². The summed E-state index contributed by atoms with van der Waals surface area (Å²) in [5.41, 5.74) is 1.17. The van der Waals surface area contributed by atoms with Crippen molar-refractivity contribution in [2.45, 2.75) is 6.54 Å². The highest BCUT2D eigenvalue weighted by Gasteiger charge is 2.19. The molecule has 0 spiro atoms. The Morgan fingerprint density at radius 1 is 1.22 bits per heavy atom. The van der Waals surface area contributed by atoms with Crippen molar-refractivity contribution in [2.24, 2.45) is 4.99 Å². The summed E-state index contributed by atoms with van der Waals surface area (Å²) in [6.07, 6.45) is 0. The van der Waals surface area contributed by atoms with Gasteiger partial charge in [0.25, 0.3) is 5.91 Å². The summed E-state index contributed by atoms with van der Waals surface area (Å²) in [5.74, 6) is 0.377. The number of carbonyl (C=O) groups is 2. The molecule has 1 aromatic heterocycles. The van der Waals surface area contributed by atoms with E-state index in [4.69, 9.17) is 14.2 Å². The van der Waals surface area contributed by atoms with Gasteiger partial charge in [0.2, 0.25) is 6.79 Å². The van der Waals surface area contributed by atoms with Gasteiger partial charge in [0.15, 0.2) is 16.3 Å². The summed E-state index contributed by atoms with van der Waals surface area (Å²) in [6.45, 7) is 0.0888. The van der Waals surface area contributed by atoms with Gasteiger partial charge in [-0.25, -0.2) is 0 Å². The predicted octanol–water partition coefficient (Wildman–Crippen LogP) is 3.11. The highest BCUT2D eigenvalue weighted by atomic mass is 79.9. The smallest absolute Gasteiger partial charge is 0.325 e. The van der Waals surface area contributed by atoms with Gasteiger partial charge in [-0.1, -0.05) is 27.3 Å². The lowest BCUT2D eigenvalue weighted by Crippen LogP contribution is -2.22. The third kappa shape index (κ3) is 3.47. The highest BCUT2D eigenvalue weighted by molar-refractivity contribution is 9.10. The SMILES string of the molecule is COC(=O)Cn1c(=NC(=O)c2ccc(Br)cc2)sc2cc3c(cc21)OCO3. The van der Waals surface area contributed by atoms with Gasteiger partial charge in [0.05, 0.1) is 17.3 Å². The minimum atomic E-state index is -0.440. The molecule has 3 aromatic rings. The normalized spacial score (nSPS) is 13.2. The molecular weight excluding hydrogens is 436 g/mol. The molecule has 7 nitrogen and oxygen atoms in total. The highest BCUT2D eigenvalue weighted by Crippen LogP contribution is 2.37. The van der Waals surface area contributed by atoms with Crippen molar-refractivity contribution in [1.29, 1.82) is 0 Å². The lowest BCUT2D eigenvalue weighted by molar-refractivity contribution is -0.141. The number of hydrogen-bond donors (Lipinski definition) is 0. The number of halogens is 1. The number of hydrogen-bond acceptors (Lipinski definition) is 6. The van der Waals surface area contributed by atoms with Crippen molar-refractivity contribution in [3.05, 3.63) is 51.2 Å². The Balaban J connectivity index is 1.85. The Morgan fingerprint density at radius 2 is 1.93 bits per heavy atom. The number of benzene rings is 2. The van der Waals surface area contributed by atoms with Crippen LogP contribution in [0.2, 0.25) is 0 Å². The minimum Gasteiger partial charge on any atom is -0.468 e. The fourth-order valence-corrected chi connectivity index (χ4v) is 3.94. The number of methoxy groups -OCH3 is 1. The molecule has 27 heavy (non-hydrogen) atoms. The monoisotopic (exact) mass is 448 g/mol. The molecule has 0 saturated carbocycles. The molecule has 0 bridgehead atoms. The molecule has 1 amide bonds. The Morgan fingerprint density at radius 3 is 2.63 bits per heavy atom. The first-order chi connectivity index (χ1) is 13.0. The fraction of sp³-hybridized carbons (Fsp3) is 0.167. The third-order valence-corrected chi connectivity index (χ3v) is 5.55. The molecule has 1 aliphatic heterocycles. The molecular formula is C18H13BrN2O5S. The van der Waals surface area contributed by atoms with Crippen LogP contribution in [0, 0.1) is 0 Å². The van der Waals surface area contributed by atoms with E-state index in [9.17, 15) is 9.59 Å². The van der Waals surface area contributed by atoms with Crippen molar-refractivity contribution in [2.75, 3.05) is 13.9 Å². The van der Waals surface area contributed by atoms with Gasteiger partial charge in [0.1, 0.15) is 6.54 Å². The number of ether oxygens (including phenoxy) is 3. The summed E-state index contributed by atoms with van der Waals surface area (Å²) < 4.78 is 18.9. The van der Waals surface area contributed by atoms with Crippen molar-refractivity contribution < 1.29 is 23.8 Å². The van der Waals surface area contributed by atoms with Crippen LogP contribution in [0.15, 0.2) is 45.9 Å². The summed E-state index contributed by atoms with van der Waals surface area (Å²) >= 11 is 4.63. The number of carbonyl (C=O) groups excluding carboxylic acids is 2. The topological polar surface area (TPSA) is 79.1 Å². The molecule has 0 aliphatic carbocycles. The van der Waals surface area contributed by atoms with E-state index in [-0.39, 0.29) is 13.3 Å². The first-order valence-electron chi connectivity index (χ1n) is 7.89. The lowest BCUT2D eigenvalue weighted by atomic mass is 10.2. The summed E-state index contributed by atoms with van der Waals surface area (Å²) in [7, 11) is 1.32. The number of fused-ring (bicyclic) bond motifs is 2. The van der Waals surface area contributed by atoms with E-state index in [2.05, 4.69) is 20.9 Å². The quantitative estimate of drug-likeness (QED) is 0.575. The molecule has 2 heterocycles. The Kier molecular flexibility index (Phi) is 4.71. The second-order valence-electron chi connectivity index (χ2n) is 5.64. The maximum absolute atomic E-state index is 12.6. The molecule has 1 aliphatic rings. The van der Waals surface area contributed by atoms with E-state index >= 15 is 0 Å². The maximum Gasteiger partial charge on any atom is 0.325 e. The molecule has 0 N–H and O–H groups in total. The number of thiazole rings is 1. The fourth-order valence-electron chi connectivity index (χ4n) is 2.64. The molecule has 0 radical (unpaired) electrons. The average Bonchev–Trinajstić information content (AvgIpc) is 3.24. The van der Waals surface area contributed by atoms with Crippen LogP contribution in [-0.4, -0.2) is 30.3 Å². The third-order valence-electron chi connectivity index (χ3n) is 3.98. The molecule has 2 aromatic carbocycles. The zero-order valence-corrected chi connectivity index (χ0v) is 16.5. The summed E-state index contributed by atoms with van der Waals surface area (Å²) in [5, 5.41) is 0. The number of esters is 1. The predicted molar refractivity (Wildman–Crippen MR) is 102 cm³/mol. The van der Waals surface area contributed by atoms with Crippen molar-refractivity contribution in [3.8, 4) is 11.5 Å². The van der Waals surface area contributed by atoms with Crippen LogP contribution in [0.3, 0.4) is 0 Å². The molecule has 0 fully saturated rings. The Hall–Kier alpha value is -2.65. The van der Waals surface area contributed by atoms with Crippen LogP contribution in [0.1, 0.15) is 10.4 Å². The zero-order valence-electron chi connectivity index (χ0n) is 14.1. The standard InChI is InChI=1S/C18H13BrN2O5S/c1-24-16(22)8-21-12-6-13-14(26-9-25-13)7-15(12)27-18(21)20-17(23)10-2-4-11(19)5-3-10/h2-7H,8-9H2,1H3. The van der Waals surface area contributed by atoms with Gasteiger partial charge in [-0.15, -0.1) is 0 Å². The van der Waals surface area contributed by atoms with E-state index in [0.29, 0.717) is 21.9 Å². The largest absolute Gasteiger partial charge is 0.468 e. The first kappa shape index (κ1) is 17.7. The molecule has 0 atom stereocenters. The van der Waals surface area contributed by atoms with Crippen LogP contribution in [0.5, 0.6) is 11.5 Å². The summed E-state index contributed by atoms with van der Waals surface area (Å²) in [4.78, 5) is 29.1. The second-order valence-corrected chi connectivity index (χ2v) is 7.57. The average molecular weight is 449 g/mol. The molecule has 9 heteroatoms. The van der Waals surface area contributed by atoms with Gasteiger partial charge in [-0.05, 0) is 24.3 Å². The van der Waals surface area contributed by atoms with E-state index < -0.39 is 11.9 Å². The van der Waals surface area contributed by atoms with Crippen LogP contribution in [-0.2, 0) is 16.1 Å². The Bertz CT molecular complexity index is 1120. The van der Waals surface area contributed by atoms with Crippen LogP contribution in [0.25, 0.3) is 10.2 Å². The van der Waals surface area contributed by atoms with Crippen LogP contribution >= 0.6 is 27.3 Å². The molecule has 0 unspecified atom stereocenters. The molecule has 4 rings (SSSR count). The first-order valence-corrected chi connectivity index (χ1v) is 9.50. The number of aromatic nitrogens is 1. The van der Waals surface area contributed by atoms with Crippen molar-refractivity contribution in [1.82, 2.24) is 4.57 Å². The van der Waals surface area contributed by atoms with Gasteiger partial charge in [-0.3, -0.25) is 9.59 Å². The van der Waals surface area contributed by atoms with Crippen LogP contribution < -0.4 is 14.3 Å². The number of amides is 1.